The highest BCUT2D eigenvalue weighted by molar-refractivity contribution is 6.05. The summed E-state index contributed by atoms with van der Waals surface area (Å²) in [5, 5.41) is 0. The zero-order valence-corrected chi connectivity index (χ0v) is 18.3. The Morgan fingerprint density at radius 2 is 1.03 bits per heavy atom. The zero-order chi connectivity index (χ0) is 22.7. The van der Waals surface area contributed by atoms with Crippen molar-refractivity contribution in [2.45, 2.75) is 47.5 Å². The minimum Gasteiger partial charge on any atom is -0.339 e. The van der Waals surface area contributed by atoms with Crippen molar-refractivity contribution >= 4 is 35.3 Å². The normalized spacial score (nSPS) is 26.7. The van der Waals surface area contributed by atoms with Gasteiger partial charge in [0.2, 0.25) is 29.5 Å². The van der Waals surface area contributed by atoms with Gasteiger partial charge in [-0.25, -0.2) is 0 Å². The molecule has 5 amide bonds. The summed E-state index contributed by atoms with van der Waals surface area (Å²) < 4.78 is 0. The monoisotopic (exact) mass is 421 g/mol. The summed E-state index contributed by atoms with van der Waals surface area (Å²) in [5.41, 5.74) is 0. The Balaban J connectivity index is 2.05. The van der Waals surface area contributed by atoms with Gasteiger partial charge in [-0.15, -0.1) is 0 Å². The summed E-state index contributed by atoms with van der Waals surface area (Å²) in [4.78, 5) is 76.9. The number of Topliss-reactive ketones (excluding diaryl/α,β-unsaturated/α-hetero) is 1. The third-order valence-corrected chi connectivity index (χ3v) is 6.35. The maximum atomic E-state index is 12.6. The summed E-state index contributed by atoms with van der Waals surface area (Å²) in [5.74, 6) is -3.11. The first-order valence-corrected chi connectivity index (χ1v) is 10.4. The highest BCUT2D eigenvalue weighted by atomic mass is 16.2. The zero-order valence-electron chi connectivity index (χ0n) is 18.3. The van der Waals surface area contributed by atoms with E-state index in [2.05, 4.69) is 0 Å². The molecule has 2 rings (SSSR count). The van der Waals surface area contributed by atoms with Gasteiger partial charge >= 0.3 is 0 Å². The van der Waals surface area contributed by atoms with E-state index in [4.69, 9.17) is 0 Å². The second kappa shape index (κ2) is 9.49. The predicted molar refractivity (Wildman–Crippen MR) is 107 cm³/mol. The number of hydrogen-bond acceptors (Lipinski definition) is 6. The largest absolute Gasteiger partial charge is 0.339 e. The quantitative estimate of drug-likeness (QED) is 0.500. The second-order valence-electron chi connectivity index (χ2n) is 8.39. The molecule has 0 saturated carbocycles. The number of hydrogen-bond donors (Lipinski definition) is 0. The van der Waals surface area contributed by atoms with Crippen molar-refractivity contribution in [1.29, 1.82) is 0 Å². The number of carbonyl (C=O) groups excluding carboxylic acids is 6. The Bertz CT molecular complexity index is 676. The molecule has 166 valence electrons. The number of nitrogens with zero attached hydrogens (tertiary/aromatic N) is 3. The topological polar surface area (TPSA) is 112 Å². The molecule has 0 bridgehead atoms. The minimum absolute atomic E-state index is 0.00126. The number of rotatable bonds is 9. The number of carbonyl (C=O) groups is 6. The summed E-state index contributed by atoms with van der Waals surface area (Å²) in [7, 11) is 0. The van der Waals surface area contributed by atoms with Gasteiger partial charge in [0, 0.05) is 62.7 Å². The summed E-state index contributed by atoms with van der Waals surface area (Å²) in [6.07, 6.45) is 0.0827. The molecule has 4 unspecified atom stereocenters. The van der Waals surface area contributed by atoms with Crippen molar-refractivity contribution in [1.82, 2.24) is 14.7 Å². The first-order chi connectivity index (χ1) is 14.0. The van der Waals surface area contributed by atoms with E-state index in [0.29, 0.717) is 0 Å². The SMILES string of the molecule is CC(=O)CCC(=O)N(CCN1C(=O)C(C)C(C)C1=O)CCN1C(=O)C(C)C(C)C1=O. The lowest BCUT2D eigenvalue weighted by Crippen LogP contribution is -2.45. The maximum absolute atomic E-state index is 12.6. The molecular weight excluding hydrogens is 390 g/mol. The van der Waals surface area contributed by atoms with Gasteiger partial charge in [0.05, 0.1) is 0 Å². The van der Waals surface area contributed by atoms with Crippen molar-refractivity contribution in [3.8, 4) is 0 Å². The van der Waals surface area contributed by atoms with Crippen LogP contribution in [0.4, 0.5) is 0 Å². The van der Waals surface area contributed by atoms with Crippen molar-refractivity contribution in [2.24, 2.45) is 23.7 Å². The van der Waals surface area contributed by atoms with Gasteiger partial charge in [0.1, 0.15) is 5.78 Å². The molecule has 2 aliphatic heterocycles. The lowest BCUT2D eigenvalue weighted by molar-refractivity contribution is -0.142. The maximum Gasteiger partial charge on any atom is 0.232 e. The Kier molecular flexibility index (Phi) is 7.49. The van der Waals surface area contributed by atoms with Gasteiger partial charge < -0.3 is 9.69 Å². The molecule has 2 aliphatic rings. The summed E-state index contributed by atoms with van der Waals surface area (Å²) in [6, 6.07) is 0. The van der Waals surface area contributed by atoms with Gasteiger partial charge in [-0.05, 0) is 6.92 Å². The Hall–Kier alpha value is -2.58. The Morgan fingerprint density at radius 1 is 0.700 bits per heavy atom. The van der Waals surface area contributed by atoms with Gasteiger partial charge in [-0.2, -0.15) is 0 Å². The van der Waals surface area contributed by atoms with Gasteiger partial charge in [0.15, 0.2) is 0 Å². The highest BCUT2D eigenvalue weighted by Gasteiger charge is 2.43. The molecule has 4 atom stereocenters. The van der Waals surface area contributed by atoms with Crippen LogP contribution in [-0.4, -0.2) is 76.2 Å². The summed E-state index contributed by atoms with van der Waals surface area (Å²) >= 11 is 0. The molecule has 0 N–H and O–H groups in total. The third-order valence-electron chi connectivity index (χ3n) is 6.35. The molecule has 0 spiro atoms. The number of likely N-dealkylation sites (tertiary alicyclic amines) is 2. The third kappa shape index (κ3) is 4.76. The van der Waals surface area contributed by atoms with E-state index in [9.17, 15) is 28.8 Å². The molecule has 0 aromatic heterocycles. The average molecular weight is 421 g/mol. The molecule has 0 aromatic carbocycles. The standard InChI is InChI=1S/C21H31N3O6/c1-12(25)6-7-17(26)22(8-10-23-18(27)13(2)14(3)19(23)28)9-11-24-20(29)15(4)16(5)21(24)30/h13-16H,6-11H2,1-5H3. The second-order valence-corrected chi connectivity index (χ2v) is 8.39. The van der Waals surface area contributed by atoms with Crippen molar-refractivity contribution in [2.75, 3.05) is 26.2 Å². The van der Waals surface area contributed by atoms with Gasteiger partial charge in [-0.3, -0.25) is 33.8 Å². The number of imide groups is 2. The molecule has 9 heteroatoms. The van der Waals surface area contributed by atoms with E-state index in [0.717, 1.165) is 9.80 Å². The fourth-order valence-electron chi connectivity index (χ4n) is 3.74. The molecule has 2 fully saturated rings. The van der Waals surface area contributed by atoms with Crippen LogP contribution in [-0.2, 0) is 28.8 Å². The van der Waals surface area contributed by atoms with Crippen LogP contribution >= 0.6 is 0 Å². The molecular formula is C21H31N3O6. The van der Waals surface area contributed by atoms with Gasteiger partial charge in [-0.1, -0.05) is 27.7 Å². The smallest absolute Gasteiger partial charge is 0.232 e. The van der Waals surface area contributed by atoms with Crippen LogP contribution in [0, 0.1) is 23.7 Å². The predicted octanol–water partition coefficient (Wildman–Crippen LogP) is 0.466. The van der Waals surface area contributed by atoms with E-state index in [1.54, 1.807) is 27.7 Å². The molecule has 2 saturated heterocycles. The first kappa shape index (κ1) is 23.7. The van der Waals surface area contributed by atoms with Crippen LogP contribution < -0.4 is 0 Å². The molecule has 0 radical (unpaired) electrons. The molecule has 2 heterocycles. The van der Waals surface area contributed by atoms with Crippen LogP contribution in [0.2, 0.25) is 0 Å². The van der Waals surface area contributed by atoms with Gasteiger partial charge in [0.25, 0.3) is 0 Å². The van der Waals surface area contributed by atoms with Crippen molar-refractivity contribution in [3.05, 3.63) is 0 Å². The van der Waals surface area contributed by atoms with Crippen LogP contribution in [0.25, 0.3) is 0 Å². The van der Waals surface area contributed by atoms with Crippen molar-refractivity contribution in [3.63, 3.8) is 0 Å². The molecule has 9 nitrogen and oxygen atoms in total. The van der Waals surface area contributed by atoms with Crippen molar-refractivity contribution < 1.29 is 28.8 Å². The van der Waals surface area contributed by atoms with Crippen LogP contribution in [0.1, 0.15) is 47.5 Å². The minimum atomic E-state index is -0.401. The first-order valence-electron chi connectivity index (χ1n) is 10.4. The number of amides is 5. The number of ketones is 1. The molecule has 0 aromatic rings. The van der Waals surface area contributed by atoms with E-state index in [1.807, 2.05) is 0 Å². The van der Waals surface area contributed by atoms with Crippen LogP contribution in [0.3, 0.4) is 0 Å². The van der Waals surface area contributed by atoms with E-state index >= 15 is 0 Å². The lowest BCUT2D eigenvalue weighted by Gasteiger charge is -2.27. The lowest BCUT2D eigenvalue weighted by atomic mass is 10.00. The Morgan fingerprint density at radius 3 is 1.33 bits per heavy atom. The highest BCUT2D eigenvalue weighted by Crippen LogP contribution is 2.26. The van der Waals surface area contributed by atoms with E-state index in [1.165, 1.54) is 11.8 Å². The fraction of sp³-hybridized carbons (Fsp3) is 0.714. The Labute approximate surface area is 176 Å². The van der Waals surface area contributed by atoms with E-state index in [-0.39, 0.29) is 74.3 Å². The average Bonchev–Trinajstić information content (AvgIpc) is 3.00. The van der Waals surface area contributed by atoms with Crippen LogP contribution in [0.5, 0.6) is 0 Å². The molecule has 30 heavy (non-hydrogen) atoms. The summed E-state index contributed by atoms with van der Waals surface area (Å²) in [6.45, 7) is 8.48. The molecule has 0 aliphatic carbocycles. The van der Waals surface area contributed by atoms with Crippen LogP contribution in [0.15, 0.2) is 0 Å². The fourth-order valence-corrected chi connectivity index (χ4v) is 3.74. The van der Waals surface area contributed by atoms with E-state index < -0.39 is 23.7 Å².